The van der Waals surface area contributed by atoms with Crippen LogP contribution in [0.1, 0.15) is 34.1 Å². The molecule has 0 fully saturated rings. The molecule has 0 radical (unpaired) electrons. The van der Waals surface area contributed by atoms with Crippen LogP contribution in [0, 0.1) is 0 Å². The molecule has 0 aliphatic rings. The zero-order valence-corrected chi connectivity index (χ0v) is 13.1. The average molecular weight is 289 g/mol. The third-order valence-corrected chi connectivity index (χ3v) is 3.38. The fraction of sp³-hybridized carbons (Fsp3) is 0.571. The van der Waals surface area contributed by atoms with Crippen LogP contribution < -0.4 is 10.2 Å². The molecule has 7 nitrogen and oxygen atoms in total. The molecular formula is C14H23N7. The molecule has 2 aromatic rings. The van der Waals surface area contributed by atoms with Gasteiger partial charge < -0.3 is 10.2 Å². The monoisotopic (exact) mass is 289 g/mol. The highest BCUT2D eigenvalue weighted by Gasteiger charge is 2.17. The first-order chi connectivity index (χ1) is 10.2. The third kappa shape index (κ3) is 3.48. The summed E-state index contributed by atoms with van der Waals surface area (Å²) >= 11 is 0. The summed E-state index contributed by atoms with van der Waals surface area (Å²) in [7, 11) is 0. The van der Waals surface area contributed by atoms with Gasteiger partial charge in [-0.3, -0.25) is 0 Å². The van der Waals surface area contributed by atoms with Crippen LogP contribution in [-0.4, -0.2) is 43.9 Å². The molecule has 2 rings (SSSR count). The molecule has 0 bridgehead atoms. The van der Waals surface area contributed by atoms with Crippen LogP contribution in [0.4, 0.5) is 11.9 Å². The third-order valence-electron chi connectivity index (χ3n) is 3.38. The van der Waals surface area contributed by atoms with Crippen molar-refractivity contribution < 1.29 is 0 Å². The van der Waals surface area contributed by atoms with Crippen molar-refractivity contribution in [3.8, 4) is 5.95 Å². The second-order valence-electron chi connectivity index (χ2n) is 4.78. The molecule has 2 heterocycles. The van der Waals surface area contributed by atoms with Crippen molar-refractivity contribution >= 4 is 11.9 Å². The summed E-state index contributed by atoms with van der Waals surface area (Å²) in [6.45, 7) is 10.1. The minimum absolute atomic E-state index is 0.373. The molecule has 1 N–H and O–H groups in total. The lowest BCUT2D eigenvalue weighted by atomic mass is 10.2. The Hall–Kier alpha value is -2.18. The van der Waals surface area contributed by atoms with E-state index in [0.29, 0.717) is 23.9 Å². The highest BCUT2D eigenvalue weighted by atomic mass is 15.4. The number of anilines is 2. The summed E-state index contributed by atoms with van der Waals surface area (Å²) < 4.78 is 1.65. The van der Waals surface area contributed by atoms with E-state index in [1.807, 2.05) is 19.2 Å². The van der Waals surface area contributed by atoms with Crippen LogP contribution in [0.15, 0.2) is 18.5 Å². The Kier molecular flexibility index (Phi) is 5.08. The Bertz CT molecular complexity index is 552. The van der Waals surface area contributed by atoms with Gasteiger partial charge in [-0.05, 0) is 33.3 Å². The number of aromatic nitrogens is 5. The van der Waals surface area contributed by atoms with E-state index < -0.39 is 0 Å². The van der Waals surface area contributed by atoms with Gasteiger partial charge in [-0.25, -0.2) is 4.68 Å². The summed E-state index contributed by atoms with van der Waals surface area (Å²) in [6.07, 6.45) is 4.57. The molecule has 1 atom stereocenters. The second-order valence-corrected chi connectivity index (χ2v) is 4.78. The molecule has 114 valence electrons. The predicted molar refractivity (Wildman–Crippen MR) is 83.9 cm³/mol. The number of rotatable bonds is 7. The van der Waals surface area contributed by atoms with Gasteiger partial charge in [0.1, 0.15) is 0 Å². The number of hydrogen-bond acceptors (Lipinski definition) is 6. The van der Waals surface area contributed by atoms with Gasteiger partial charge in [0, 0.05) is 31.5 Å². The molecule has 0 aromatic carbocycles. The minimum Gasteiger partial charge on any atom is -0.354 e. The van der Waals surface area contributed by atoms with Crippen LogP contribution in [0.25, 0.3) is 5.95 Å². The van der Waals surface area contributed by atoms with Crippen LogP contribution >= 0.6 is 0 Å². The first-order valence-electron chi connectivity index (χ1n) is 7.46. The van der Waals surface area contributed by atoms with E-state index in [-0.39, 0.29) is 0 Å². The lowest BCUT2D eigenvalue weighted by Gasteiger charge is -2.27. The standard InChI is InChI=1S/C14H23N7/c1-5-11(4)20(7-3)13-17-12(15-6-2)18-14(19-13)21-10-8-9-16-21/h8-11H,5-7H2,1-4H3,(H,15,17,18,19). The molecule has 0 saturated heterocycles. The Morgan fingerprint density at radius 1 is 1.24 bits per heavy atom. The molecule has 7 heteroatoms. The molecular weight excluding hydrogens is 266 g/mol. The zero-order chi connectivity index (χ0) is 15.2. The first kappa shape index (κ1) is 15.2. The summed E-state index contributed by atoms with van der Waals surface area (Å²) in [5, 5.41) is 7.35. The molecule has 0 amide bonds. The Morgan fingerprint density at radius 2 is 2.05 bits per heavy atom. The van der Waals surface area contributed by atoms with E-state index in [9.17, 15) is 0 Å². The van der Waals surface area contributed by atoms with Gasteiger partial charge >= 0.3 is 0 Å². The maximum absolute atomic E-state index is 4.56. The smallest absolute Gasteiger partial charge is 0.257 e. The lowest BCUT2D eigenvalue weighted by molar-refractivity contribution is 0.610. The van der Waals surface area contributed by atoms with E-state index >= 15 is 0 Å². The average Bonchev–Trinajstić information content (AvgIpc) is 3.02. The van der Waals surface area contributed by atoms with E-state index in [2.05, 4.69) is 51.0 Å². The minimum atomic E-state index is 0.373. The van der Waals surface area contributed by atoms with E-state index in [0.717, 1.165) is 19.5 Å². The number of nitrogens with one attached hydrogen (secondary N) is 1. The molecule has 0 aliphatic heterocycles. The zero-order valence-electron chi connectivity index (χ0n) is 13.1. The largest absolute Gasteiger partial charge is 0.354 e. The summed E-state index contributed by atoms with van der Waals surface area (Å²) in [6, 6.07) is 2.22. The quantitative estimate of drug-likeness (QED) is 0.841. The highest BCUT2D eigenvalue weighted by Crippen LogP contribution is 2.16. The van der Waals surface area contributed by atoms with Crippen molar-refractivity contribution in [2.45, 2.75) is 40.2 Å². The highest BCUT2D eigenvalue weighted by molar-refractivity contribution is 5.40. The second kappa shape index (κ2) is 7.01. The molecule has 2 aromatic heterocycles. The van der Waals surface area contributed by atoms with E-state index in [4.69, 9.17) is 0 Å². The Morgan fingerprint density at radius 3 is 2.62 bits per heavy atom. The normalized spacial score (nSPS) is 12.2. The summed E-state index contributed by atoms with van der Waals surface area (Å²) in [5.41, 5.74) is 0. The van der Waals surface area contributed by atoms with Gasteiger partial charge in [0.05, 0.1) is 0 Å². The van der Waals surface area contributed by atoms with Crippen LogP contribution in [0.2, 0.25) is 0 Å². The number of hydrogen-bond donors (Lipinski definition) is 1. The summed E-state index contributed by atoms with van der Waals surface area (Å²) in [5.74, 6) is 1.79. The van der Waals surface area contributed by atoms with Crippen molar-refractivity contribution in [2.24, 2.45) is 0 Å². The van der Waals surface area contributed by atoms with Gasteiger partial charge in [0.25, 0.3) is 5.95 Å². The maximum atomic E-state index is 4.56. The maximum Gasteiger partial charge on any atom is 0.257 e. The van der Waals surface area contributed by atoms with Crippen molar-refractivity contribution in [3.05, 3.63) is 18.5 Å². The molecule has 0 spiro atoms. The topological polar surface area (TPSA) is 71.8 Å². The van der Waals surface area contributed by atoms with Gasteiger partial charge in [-0.15, -0.1) is 0 Å². The molecule has 1 unspecified atom stereocenters. The lowest BCUT2D eigenvalue weighted by Crippen LogP contribution is -2.34. The Balaban J connectivity index is 2.44. The number of nitrogens with zero attached hydrogens (tertiary/aromatic N) is 6. The van der Waals surface area contributed by atoms with Gasteiger partial charge in [-0.1, -0.05) is 6.92 Å². The summed E-state index contributed by atoms with van der Waals surface area (Å²) in [4.78, 5) is 15.7. The van der Waals surface area contributed by atoms with Crippen LogP contribution in [0.5, 0.6) is 0 Å². The van der Waals surface area contributed by atoms with Gasteiger partial charge in [0.2, 0.25) is 11.9 Å². The fourth-order valence-electron chi connectivity index (χ4n) is 2.08. The SMILES string of the molecule is CCNc1nc(N(CC)C(C)CC)nc(-n2cccn2)n1. The van der Waals surface area contributed by atoms with Gasteiger partial charge in [-0.2, -0.15) is 20.1 Å². The Labute approximate surface area is 125 Å². The van der Waals surface area contributed by atoms with Crippen LogP contribution in [0.3, 0.4) is 0 Å². The van der Waals surface area contributed by atoms with E-state index in [1.165, 1.54) is 0 Å². The predicted octanol–water partition coefficient (Wildman–Crippen LogP) is 2.11. The molecule has 0 saturated carbocycles. The van der Waals surface area contributed by atoms with E-state index in [1.54, 1.807) is 10.9 Å². The van der Waals surface area contributed by atoms with Crippen molar-refractivity contribution in [3.63, 3.8) is 0 Å². The van der Waals surface area contributed by atoms with Crippen LogP contribution in [-0.2, 0) is 0 Å². The first-order valence-corrected chi connectivity index (χ1v) is 7.46. The molecule has 0 aliphatic carbocycles. The van der Waals surface area contributed by atoms with Crippen molar-refractivity contribution in [1.29, 1.82) is 0 Å². The molecule has 21 heavy (non-hydrogen) atoms. The van der Waals surface area contributed by atoms with Crippen molar-refractivity contribution in [1.82, 2.24) is 24.7 Å². The van der Waals surface area contributed by atoms with Gasteiger partial charge in [0.15, 0.2) is 0 Å². The van der Waals surface area contributed by atoms with Crippen molar-refractivity contribution in [2.75, 3.05) is 23.3 Å². The fourth-order valence-corrected chi connectivity index (χ4v) is 2.08.